The van der Waals surface area contributed by atoms with Gasteiger partial charge in [-0.05, 0) is 12.3 Å². The fourth-order valence-corrected chi connectivity index (χ4v) is 2.95. The Morgan fingerprint density at radius 1 is 1.50 bits per heavy atom. The molecular weight excluding hydrogens is 252 g/mol. The Hall–Kier alpha value is -1.36. The van der Waals surface area contributed by atoms with E-state index in [4.69, 9.17) is 0 Å². The van der Waals surface area contributed by atoms with Crippen LogP contribution in [-0.2, 0) is 18.4 Å². The van der Waals surface area contributed by atoms with Crippen molar-refractivity contribution in [2.75, 3.05) is 13.1 Å². The number of likely N-dealkylation sites (tertiary alicyclic amines) is 1. The van der Waals surface area contributed by atoms with E-state index in [1.165, 1.54) is 0 Å². The highest BCUT2D eigenvalue weighted by atomic mass is 16.2. The smallest absolute Gasteiger partial charge is 0.222 e. The van der Waals surface area contributed by atoms with E-state index in [9.17, 15) is 4.79 Å². The topological polar surface area (TPSA) is 50.2 Å². The van der Waals surface area contributed by atoms with Gasteiger partial charge in [0.2, 0.25) is 5.91 Å². The Labute approximate surface area is 121 Å². The maximum atomic E-state index is 11.8. The van der Waals surface area contributed by atoms with Crippen LogP contribution in [0.25, 0.3) is 0 Å². The van der Waals surface area contributed by atoms with E-state index in [1.54, 1.807) is 0 Å². The largest absolute Gasteiger partial charge is 0.342 e. The predicted molar refractivity (Wildman–Crippen MR) is 79.1 cm³/mol. The average molecular weight is 278 g/mol. The molecule has 2 atom stereocenters. The van der Waals surface area contributed by atoms with Crippen molar-refractivity contribution >= 4 is 5.91 Å². The molecule has 5 heteroatoms. The van der Waals surface area contributed by atoms with E-state index < -0.39 is 0 Å². The Morgan fingerprint density at radius 3 is 2.90 bits per heavy atom. The molecule has 1 aliphatic heterocycles. The number of rotatable bonds is 5. The number of aromatic nitrogens is 2. The summed E-state index contributed by atoms with van der Waals surface area (Å²) in [5.41, 5.74) is 0. The van der Waals surface area contributed by atoms with Gasteiger partial charge in [0.25, 0.3) is 0 Å². The van der Waals surface area contributed by atoms with Gasteiger partial charge in [-0.25, -0.2) is 4.98 Å². The van der Waals surface area contributed by atoms with Gasteiger partial charge < -0.3 is 14.8 Å². The zero-order valence-corrected chi connectivity index (χ0v) is 12.8. The molecule has 1 aromatic heterocycles. The molecule has 0 radical (unpaired) electrons. The Morgan fingerprint density at radius 2 is 2.30 bits per heavy atom. The van der Waals surface area contributed by atoms with Crippen molar-refractivity contribution in [1.29, 1.82) is 0 Å². The van der Waals surface area contributed by atoms with Crippen LogP contribution < -0.4 is 5.32 Å². The normalized spacial score (nSPS) is 23.1. The minimum atomic E-state index is 0.283. The first-order valence-corrected chi connectivity index (χ1v) is 7.63. The number of imidazole rings is 1. The lowest BCUT2D eigenvalue weighted by Crippen LogP contribution is -2.50. The van der Waals surface area contributed by atoms with E-state index in [1.807, 2.05) is 35.8 Å². The lowest BCUT2D eigenvalue weighted by Gasteiger charge is -2.38. The Kier molecular flexibility index (Phi) is 5.17. The summed E-state index contributed by atoms with van der Waals surface area (Å²) < 4.78 is 2.05. The number of nitrogens with zero attached hydrogens (tertiary/aromatic N) is 3. The zero-order valence-electron chi connectivity index (χ0n) is 12.8. The quantitative estimate of drug-likeness (QED) is 0.889. The van der Waals surface area contributed by atoms with Crippen molar-refractivity contribution in [1.82, 2.24) is 19.8 Å². The summed E-state index contributed by atoms with van der Waals surface area (Å²) in [5.74, 6) is 1.89. The first-order chi connectivity index (χ1) is 9.65. The van der Waals surface area contributed by atoms with Gasteiger partial charge in [-0.3, -0.25) is 4.79 Å². The summed E-state index contributed by atoms with van der Waals surface area (Å²) in [6.45, 7) is 6.71. The second-order valence-electron chi connectivity index (χ2n) is 5.59. The van der Waals surface area contributed by atoms with Crippen LogP contribution in [0, 0.1) is 5.92 Å². The fourth-order valence-electron chi connectivity index (χ4n) is 2.95. The third-order valence-corrected chi connectivity index (χ3v) is 4.36. The monoisotopic (exact) mass is 278 g/mol. The number of piperidine rings is 1. The molecule has 5 nitrogen and oxygen atoms in total. The third kappa shape index (κ3) is 3.39. The molecule has 2 heterocycles. The second-order valence-corrected chi connectivity index (χ2v) is 5.59. The highest BCUT2D eigenvalue weighted by Gasteiger charge is 2.29. The van der Waals surface area contributed by atoms with Gasteiger partial charge in [-0.15, -0.1) is 0 Å². The number of nitrogens with one attached hydrogen (secondary N) is 1. The zero-order chi connectivity index (χ0) is 14.5. The van der Waals surface area contributed by atoms with Crippen LogP contribution in [0.3, 0.4) is 0 Å². The molecular formula is C15H26N4O. The molecule has 1 saturated heterocycles. The van der Waals surface area contributed by atoms with E-state index >= 15 is 0 Å². The van der Waals surface area contributed by atoms with Crippen LogP contribution in [0.2, 0.25) is 0 Å². The molecule has 2 rings (SSSR count). The van der Waals surface area contributed by atoms with Crippen molar-refractivity contribution in [3.63, 3.8) is 0 Å². The standard InChI is InChI=1S/C15H26N4O/c1-4-12-11-19(15(20)5-2)8-6-13(12)17-10-14-16-7-9-18(14)3/h7,9,12-13,17H,4-6,8,10-11H2,1-3H3/t12-,13-/m1/s1. The summed E-state index contributed by atoms with van der Waals surface area (Å²) in [4.78, 5) is 18.2. The van der Waals surface area contributed by atoms with E-state index in [2.05, 4.69) is 17.2 Å². The van der Waals surface area contributed by atoms with Gasteiger partial charge >= 0.3 is 0 Å². The second kappa shape index (κ2) is 6.88. The van der Waals surface area contributed by atoms with Crippen molar-refractivity contribution in [2.24, 2.45) is 13.0 Å². The molecule has 112 valence electrons. The average Bonchev–Trinajstić information content (AvgIpc) is 2.89. The fraction of sp³-hybridized carbons (Fsp3) is 0.733. The third-order valence-electron chi connectivity index (χ3n) is 4.36. The molecule has 1 N–H and O–H groups in total. The van der Waals surface area contributed by atoms with Crippen LogP contribution >= 0.6 is 0 Å². The lowest BCUT2D eigenvalue weighted by molar-refractivity contribution is -0.133. The number of amides is 1. The Bertz CT molecular complexity index is 443. The summed E-state index contributed by atoms with van der Waals surface area (Å²) in [6.07, 6.45) is 6.55. The minimum absolute atomic E-state index is 0.283. The van der Waals surface area contributed by atoms with Gasteiger partial charge in [0, 0.05) is 45.0 Å². The summed E-state index contributed by atoms with van der Waals surface area (Å²) in [7, 11) is 2.02. The van der Waals surface area contributed by atoms with Crippen LogP contribution in [0.4, 0.5) is 0 Å². The molecule has 1 amide bonds. The number of carbonyl (C=O) groups excluding carboxylic acids is 1. The molecule has 0 bridgehead atoms. The molecule has 0 aliphatic carbocycles. The van der Waals surface area contributed by atoms with Crippen molar-refractivity contribution in [3.05, 3.63) is 18.2 Å². The molecule has 1 aliphatic rings. The van der Waals surface area contributed by atoms with Gasteiger partial charge in [-0.2, -0.15) is 0 Å². The predicted octanol–water partition coefficient (Wildman–Crippen LogP) is 1.55. The van der Waals surface area contributed by atoms with Crippen LogP contribution in [0.1, 0.15) is 38.9 Å². The van der Waals surface area contributed by atoms with Crippen molar-refractivity contribution in [3.8, 4) is 0 Å². The molecule has 0 spiro atoms. The first kappa shape index (κ1) is 15.0. The van der Waals surface area contributed by atoms with E-state index in [-0.39, 0.29) is 5.91 Å². The van der Waals surface area contributed by atoms with Crippen LogP contribution in [-0.4, -0.2) is 39.5 Å². The highest BCUT2D eigenvalue weighted by molar-refractivity contribution is 5.75. The molecule has 0 aromatic carbocycles. The first-order valence-electron chi connectivity index (χ1n) is 7.63. The molecule has 20 heavy (non-hydrogen) atoms. The van der Waals surface area contributed by atoms with Gasteiger partial charge in [0.15, 0.2) is 0 Å². The molecule has 0 unspecified atom stereocenters. The molecule has 0 saturated carbocycles. The Balaban J connectivity index is 1.89. The maximum absolute atomic E-state index is 11.8. The van der Waals surface area contributed by atoms with Gasteiger partial charge in [0.05, 0.1) is 6.54 Å². The van der Waals surface area contributed by atoms with E-state index in [0.717, 1.165) is 38.3 Å². The summed E-state index contributed by atoms with van der Waals surface area (Å²) >= 11 is 0. The number of hydrogen-bond acceptors (Lipinski definition) is 3. The summed E-state index contributed by atoms with van der Waals surface area (Å²) in [6, 6.07) is 0.484. The number of aryl methyl sites for hydroxylation is 1. The van der Waals surface area contributed by atoms with Gasteiger partial charge in [0.1, 0.15) is 5.82 Å². The maximum Gasteiger partial charge on any atom is 0.222 e. The van der Waals surface area contributed by atoms with Gasteiger partial charge in [-0.1, -0.05) is 20.3 Å². The summed E-state index contributed by atoms with van der Waals surface area (Å²) in [5, 5.41) is 3.62. The minimum Gasteiger partial charge on any atom is -0.342 e. The molecule has 1 aromatic rings. The van der Waals surface area contributed by atoms with Crippen LogP contribution in [0.15, 0.2) is 12.4 Å². The van der Waals surface area contributed by atoms with Crippen molar-refractivity contribution < 1.29 is 4.79 Å². The SMILES string of the molecule is CCC(=O)N1CC[C@@H](NCc2nccn2C)[C@H](CC)C1. The highest BCUT2D eigenvalue weighted by Crippen LogP contribution is 2.21. The van der Waals surface area contributed by atoms with E-state index in [0.29, 0.717) is 18.4 Å². The number of carbonyl (C=O) groups is 1. The molecule has 1 fully saturated rings. The van der Waals surface area contributed by atoms with Crippen molar-refractivity contribution in [2.45, 2.75) is 45.7 Å². The lowest BCUT2D eigenvalue weighted by atomic mass is 9.89. The van der Waals surface area contributed by atoms with Crippen LogP contribution in [0.5, 0.6) is 0 Å². The number of hydrogen-bond donors (Lipinski definition) is 1.